The number of halogens is 2. The number of carbonyl (C=O) groups is 2. The summed E-state index contributed by atoms with van der Waals surface area (Å²) in [6.45, 7) is 2.89. The Morgan fingerprint density at radius 2 is 2.04 bits per heavy atom. The van der Waals surface area contributed by atoms with Gasteiger partial charge in [0.15, 0.2) is 6.61 Å². The van der Waals surface area contributed by atoms with Gasteiger partial charge in [0.2, 0.25) is 0 Å². The largest absolute Gasteiger partial charge is 0.455 e. The molecule has 0 saturated carbocycles. The molecule has 3 rings (SSSR count). The van der Waals surface area contributed by atoms with E-state index in [-0.39, 0.29) is 12.1 Å². The number of anilines is 1. The number of amides is 1. The molecule has 2 aromatic heterocycles. The average Bonchev–Trinajstić information content (AvgIpc) is 3.07. The third-order valence-corrected chi connectivity index (χ3v) is 3.88. The van der Waals surface area contributed by atoms with Gasteiger partial charge in [0.05, 0.1) is 12.1 Å². The smallest absolute Gasteiger partial charge is 0.310 e. The fourth-order valence-corrected chi connectivity index (χ4v) is 2.53. The highest BCUT2D eigenvalue weighted by Crippen LogP contribution is 2.16. The molecule has 8 nitrogen and oxygen atoms in total. The number of esters is 1. The van der Waals surface area contributed by atoms with Crippen LogP contribution in [0.5, 0.6) is 0 Å². The summed E-state index contributed by atoms with van der Waals surface area (Å²) in [5.41, 5.74) is 1.69. The standard InChI is InChI=1S/C17H15F2N5O3/c1-9-12(10(2)24-17(22-9)20-8-21-24)6-16(26)27-7-15(25)23-14-4-3-11(18)5-13(14)19/h3-5,8H,6-7H2,1-2H3,(H,23,25). The van der Waals surface area contributed by atoms with Crippen LogP contribution in [0, 0.1) is 25.5 Å². The monoisotopic (exact) mass is 375 g/mol. The van der Waals surface area contributed by atoms with Crippen molar-refractivity contribution < 1.29 is 23.1 Å². The average molecular weight is 375 g/mol. The van der Waals surface area contributed by atoms with Gasteiger partial charge in [0, 0.05) is 23.0 Å². The summed E-state index contributed by atoms with van der Waals surface area (Å²) in [6.07, 6.45) is 1.24. The minimum absolute atomic E-state index is 0.112. The maximum atomic E-state index is 13.5. The van der Waals surface area contributed by atoms with E-state index in [2.05, 4.69) is 20.4 Å². The molecular formula is C17H15F2N5O3. The van der Waals surface area contributed by atoms with Gasteiger partial charge in [-0.05, 0) is 26.0 Å². The van der Waals surface area contributed by atoms with Gasteiger partial charge in [-0.15, -0.1) is 0 Å². The molecule has 0 spiro atoms. The molecule has 0 fully saturated rings. The van der Waals surface area contributed by atoms with E-state index in [1.54, 1.807) is 13.8 Å². The molecule has 0 atom stereocenters. The summed E-state index contributed by atoms with van der Waals surface area (Å²) in [5, 5.41) is 6.23. The lowest BCUT2D eigenvalue weighted by Gasteiger charge is -2.11. The first-order valence-corrected chi connectivity index (χ1v) is 7.91. The van der Waals surface area contributed by atoms with Crippen molar-refractivity contribution in [3.05, 3.63) is 53.1 Å². The number of nitrogens with one attached hydrogen (secondary N) is 1. The van der Waals surface area contributed by atoms with E-state index >= 15 is 0 Å². The van der Waals surface area contributed by atoms with Crippen molar-refractivity contribution in [2.75, 3.05) is 11.9 Å². The van der Waals surface area contributed by atoms with Crippen LogP contribution in [0.4, 0.5) is 14.5 Å². The molecule has 0 aliphatic heterocycles. The topological polar surface area (TPSA) is 98.5 Å². The lowest BCUT2D eigenvalue weighted by atomic mass is 10.1. The van der Waals surface area contributed by atoms with Crippen LogP contribution in [0.2, 0.25) is 0 Å². The van der Waals surface area contributed by atoms with Crippen molar-refractivity contribution in [1.82, 2.24) is 19.6 Å². The van der Waals surface area contributed by atoms with Crippen molar-refractivity contribution in [2.24, 2.45) is 0 Å². The molecule has 0 unspecified atom stereocenters. The van der Waals surface area contributed by atoms with Crippen LogP contribution in [-0.4, -0.2) is 38.1 Å². The number of hydrogen-bond donors (Lipinski definition) is 1. The van der Waals surface area contributed by atoms with E-state index in [0.717, 1.165) is 12.1 Å². The van der Waals surface area contributed by atoms with Crippen LogP contribution in [0.1, 0.15) is 17.0 Å². The number of fused-ring (bicyclic) bond motifs is 1. The number of carbonyl (C=O) groups excluding carboxylic acids is 2. The molecule has 1 amide bonds. The van der Waals surface area contributed by atoms with Gasteiger partial charge < -0.3 is 10.1 Å². The summed E-state index contributed by atoms with van der Waals surface area (Å²) >= 11 is 0. The van der Waals surface area contributed by atoms with Gasteiger partial charge >= 0.3 is 5.97 Å². The van der Waals surface area contributed by atoms with Crippen LogP contribution in [0.15, 0.2) is 24.5 Å². The first-order valence-electron chi connectivity index (χ1n) is 7.91. The van der Waals surface area contributed by atoms with E-state index < -0.39 is 30.1 Å². The molecule has 0 aliphatic carbocycles. The van der Waals surface area contributed by atoms with E-state index in [9.17, 15) is 18.4 Å². The highest BCUT2D eigenvalue weighted by Gasteiger charge is 2.16. The van der Waals surface area contributed by atoms with Crippen LogP contribution < -0.4 is 5.32 Å². The molecule has 0 saturated heterocycles. The minimum atomic E-state index is -0.923. The fourth-order valence-electron chi connectivity index (χ4n) is 2.53. The maximum Gasteiger partial charge on any atom is 0.310 e. The summed E-state index contributed by atoms with van der Waals surface area (Å²) < 4.78 is 32.8. The molecule has 10 heteroatoms. The predicted molar refractivity (Wildman–Crippen MR) is 89.9 cm³/mol. The van der Waals surface area contributed by atoms with Crippen LogP contribution in [0.25, 0.3) is 5.78 Å². The third kappa shape index (κ3) is 4.05. The SMILES string of the molecule is Cc1nc2ncnn2c(C)c1CC(=O)OCC(=O)Nc1ccc(F)cc1F. The molecule has 0 aliphatic rings. The molecule has 3 aromatic rings. The van der Waals surface area contributed by atoms with Crippen LogP contribution in [-0.2, 0) is 20.7 Å². The van der Waals surface area contributed by atoms with Crippen molar-refractivity contribution in [3.63, 3.8) is 0 Å². The summed E-state index contributed by atoms with van der Waals surface area (Å²) in [6, 6.07) is 2.72. The highest BCUT2D eigenvalue weighted by molar-refractivity contribution is 5.93. The maximum absolute atomic E-state index is 13.5. The number of nitrogens with zero attached hydrogens (tertiary/aromatic N) is 4. The first-order chi connectivity index (χ1) is 12.8. The molecule has 140 valence electrons. The zero-order chi connectivity index (χ0) is 19.6. The predicted octanol–water partition coefficient (Wildman–Crippen LogP) is 1.74. The normalized spacial score (nSPS) is 10.8. The molecule has 0 bridgehead atoms. The number of benzene rings is 1. The van der Waals surface area contributed by atoms with Gasteiger partial charge in [-0.1, -0.05) is 0 Å². The quantitative estimate of drug-likeness (QED) is 0.682. The van der Waals surface area contributed by atoms with E-state index in [4.69, 9.17) is 4.74 Å². The number of aromatic nitrogens is 4. The summed E-state index contributed by atoms with van der Waals surface area (Å²) in [7, 11) is 0. The molecular weight excluding hydrogens is 360 g/mol. The van der Waals surface area contributed by atoms with Crippen LogP contribution in [0.3, 0.4) is 0 Å². The van der Waals surface area contributed by atoms with Crippen molar-refractivity contribution in [1.29, 1.82) is 0 Å². The molecule has 1 aromatic carbocycles. The second-order valence-electron chi connectivity index (χ2n) is 5.74. The number of aryl methyl sites for hydroxylation is 2. The zero-order valence-corrected chi connectivity index (χ0v) is 14.5. The zero-order valence-electron chi connectivity index (χ0n) is 14.5. The van der Waals surface area contributed by atoms with E-state index in [0.29, 0.717) is 28.8 Å². The van der Waals surface area contributed by atoms with Gasteiger partial charge in [-0.3, -0.25) is 9.59 Å². The second-order valence-corrected chi connectivity index (χ2v) is 5.74. The molecule has 2 heterocycles. The van der Waals surface area contributed by atoms with Gasteiger partial charge in [-0.2, -0.15) is 10.1 Å². The summed E-state index contributed by atoms with van der Waals surface area (Å²) in [5.74, 6) is -2.67. The Labute approximate surface area is 152 Å². The van der Waals surface area contributed by atoms with Crippen LogP contribution >= 0.6 is 0 Å². The first kappa shape index (κ1) is 18.4. The second kappa shape index (κ2) is 7.44. The van der Waals surface area contributed by atoms with Crippen molar-refractivity contribution in [2.45, 2.75) is 20.3 Å². The number of rotatable bonds is 5. The Hall–Kier alpha value is -3.43. The third-order valence-electron chi connectivity index (χ3n) is 3.88. The minimum Gasteiger partial charge on any atom is -0.455 e. The van der Waals surface area contributed by atoms with Gasteiger partial charge in [0.25, 0.3) is 11.7 Å². The Morgan fingerprint density at radius 3 is 2.78 bits per heavy atom. The lowest BCUT2D eigenvalue weighted by Crippen LogP contribution is -2.22. The van der Waals surface area contributed by atoms with E-state index in [1.807, 2.05) is 0 Å². The Morgan fingerprint density at radius 1 is 1.26 bits per heavy atom. The molecule has 0 radical (unpaired) electrons. The molecule has 27 heavy (non-hydrogen) atoms. The van der Waals surface area contributed by atoms with Crippen molar-refractivity contribution in [3.8, 4) is 0 Å². The number of hydrogen-bond acceptors (Lipinski definition) is 6. The molecule has 1 N–H and O–H groups in total. The van der Waals surface area contributed by atoms with Gasteiger partial charge in [0.1, 0.15) is 18.0 Å². The number of ether oxygens (including phenoxy) is 1. The Bertz CT molecular complexity index is 1030. The Kier molecular flexibility index (Phi) is 5.06. The fraction of sp³-hybridized carbons (Fsp3) is 0.235. The van der Waals surface area contributed by atoms with Crippen molar-refractivity contribution >= 4 is 23.3 Å². The lowest BCUT2D eigenvalue weighted by molar-refractivity contribution is -0.146. The van der Waals surface area contributed by atoms with E-state index in [1.165, 1.54) is 10.8 Å². The van der Waals surface area contributed by atoms with Gasteiger partial charge in [-0.25, -0.2) is 18.3 Å². The highest BCUT2D eigenvalue weighted by atomic mass is 19.1. The summed E-state index contributed by atoms with van der Waals surface area (Å²) in [4.78, 5) is 32.1. The Balaban J connectivity index is 1.60.